The van der Waals surface area contributed by atoms with Gasteiger partial charge < -0.3 is 15.5 Å². The molecule has 25 heavy (non-hydrogen) atoms. The lowest BCUT2D eigenvalue weighted by molar-refractivity contribution is 0.0903. The van der Waals surface area contributed by atoms with Crippen molar-refractivity contribution in [2.24, 2.45) is 0 Å². The molecule has 0 saturated carbocycles. The molecule has 0 spiro atoms. The zero-order valence-electron chi connectivity index (χ0n) is 13.8. The molecule has 0 saturated heterocycles. The van der Waals surface area contributed by atoms with Crippen LogP contribution in [0, 0.1) is 0 Å². The number of carbonyl (C=O) groups is 1. The van der Waals surface area contributed by atoms with Gasteiger partial charge in [0.25, 0.3) is 5.91 Å². The van der Waals surface area contributed by atoms with Crippen molar-refractivity contribution in [2.75, 3.05) is 12.0 Å². The van der Waals surface area contributed by atoms with Gasteiger partial charge in [0.05, 0.1) is 6.04 Å². The third-order valence-electron chi connectivity index (χ3n) is 4.08. The van der Waals surface area contributed by atoms with Crippen LogP contribution in [-0.2, 0) is 22.0 Å². The molecule has 6 nitrogen and oxygen atoms in total. The second kappa shape index (κ2) is 7.49. The Balaban J connectivity index is 0.00000225. The number of rotatable bonds is 4. The van der Waals surface area contributed by atoms with Crippen LogP contribution in [0.5, 0.6) is 0 Å². The monoisotopic (exact) mass is 384 g/mol. The highest BCUT2D eigenvalue weighted by atomic mass is 35.5. The Hall–Kier alpha value is -1.99. The fourth-order valence-corrected chi connectivity index (χ4v) is 3.72. The number of amides is 1. The number of nitrogens with one attached hydrogen (secondary N) is 1. The topological polar surface area (TPSA) is 102 Å². The third kappa shape index (κ3) is 4.76. The number of hydrogen-bond acceptors (Lipinski definition) is 5. The molecule has 3 rings (SSSR count). The van der Waals surface area contributed by atoms with Crippen molar-refractivity contribution in [2.45, 2.75) is 31.1 Å². The summed E-state index contributed by atoms with van der Waals surface area (Å²) in [4.78, 5) is 12.4. The lowest BCUT2D eigenvalue weighted by Crippen LogP contribution is -2.30. The molecular weight excluding hydrogens is 364 g/mol. The summed E-state index contributed by atoms with van der Waals surface area (Å²) in [6.45, 7) is 0. The lowest BCUT2D eigenvalue weighted by atomic mass is 9.87. The maximum absolute atomic E-state index is 12.4. The normalized spacial score (nSPS) is 16.6. The highest BCUT2D eigenvalue weighted by molar-refractivity contribution is 7.89. The fourth-order valence-electron chi connectivity index (χ4n) is 3.05. The number of carbonyl (C=O) groups excluding carboxylic acids is 1. The van der Waals surface area contributed by atoms with E-state index >= 15 is 0 Å². The van der Waals surface area contributed by atoms with Gasteiger partial charge in [-0.25, -0.2) is 8.42 Å². The van der Waals surface area contributed by atoms with Gasteiger partial charge in [0.2, 0.25) is 0 Å². The number of nitrogens with two attached hydrogens (primary N) is 1. The summed E-state index contributed by atoms with van der Waals surface area (Å²) in [5.74, 6) is -0.175. The average Bonchev–Trinajstić information content (AvgIpc) is 2.93. The molecule has 0 aliphatic heterocycles. The summed E-state index contributed by atoms with van der Waals surface area (Å²) in [6, 6.07) is 8.66. The number of aryl methyl sites for hydroxylation is 1. The Morgan fingerprint density at radius 3 is 2.80 bits per heavy atom. The van der Waals surface area contributed by atoms with Crippen LogP contribution in [-0.4, -0.2) is 20.6 Å². The van der Waals surface area contributed by atoms with E-state index in [0.29, 0.717) is 0 Å². The molecule has 1 aliphatic rings. The second-order valence-corrected chi connectivity index (χ2v) is 8.35. The van der Waals surface area contributed by atoms with Crippen molar-refractivity contribution < 1.29 is 17.6 Å². The van der Waals surface area contributed by atoms with Crippen molar-refractivity contribution in [3.8, 4) is 0 Å². The fraction of sp³-hybridized carbons (Fsp3) is 0.353. The van der Waals surface area contributed by atoms with Gasteiger partial charge in [0.1, 0.15) is 11.5 Å². The summed E-state index contributed by atoms with van der Waals surface area (Å²) in [5.41, 5.74) is 8.77. The minimum atomic E-state index is -3.20. The number of sulfone groups is 1. The minimum absolute atomic E-state index is 0. The Morgan fingerprint density at radius 2 is 2.08 bits per heavy atom. The second-order valence-electron chi connectivity index (χ2n) is 6.21. The highest BCUT2D eigenvalue weighted by Gasteiger charge is 2.23. The Morgan fingerprint density at radius 1 is 1.32 bits per heavy atom. The van der Waals surface area contributed by atoms with E-state index in [9.17, 15) is 13.2 Å². The Bertz CT molecular complexity index is 877. The van der Waals surface area contributed by atoms with Crippen LogP contribution in [0.4, 0.5) is 5.69 Å². The molecule has 1 heterocycles. The van der Waals surface area contributed by atoms with E-state index in [1.165, 1.54) is 12.1 Å². The molecule has 1 unspecified atom stereocenters. The van der Waals surface area contributed by atoms with E-state index in [1.807, 2.05) is 18.2 Å². The van der Waals surface area contributed by atoms with E-state index in [2.05, 4.69) is 5.32 Å². The van der Waals surface area contributed by atoms with Crippen LogP contribution >= 0.6 is 12.4 Å². The molecule has 1 atom stereocenters. The molecule has 0 fully saturated rings. The maximum atomic E-state index is 12.4. The van der Waals surface area contributed by atoms with E-state index in [1.54, 1.807) is 0 Å². The molecule has 0 radical (unpaired) electrons. The highest BCUT2D eigenvalue weighted by Crippen LogP contribution is 2.31. The number of hydrogen-bond donors (Lipinski definition) is 2. The van der Waals surface area contributed by atoms with Crippen LogP contribution < -0.4 is 11.1 Å². The molecule has 2 aromatic rings. The maximum Gasteiger partial charge on any atom is 0.287 e. The minimum Gasteiger partial charge on any atom is -0.455 e. The van der Waals surface area contributed by atoms with E-state index in [4.69, 9.17) is 10.2 Å². The lowest BCUT2D eigenvalue weighted by Gasteiger charge is -2.26. The Labute approximate surface area is 153 Å². The molecule has 1 amide bonds. The van der Waals surface area contributed by atoms with Crippen LogP contribution in [0.1, 0.15) is 46.3 Å². The number of anilines is 1. The van der Waals surface area contributed by atoms with E-state index < -0.39 is 9.84 Å². The predicted molar refractivity (Wildman–Crippen MR) is 98.5 cm³/mol. The zero-order chi connectivity index (χ0) is 17.3. The van der Waals surface area contributed by atoms with Crippen LogP contribution in [0.15, 0.2) is 34.7 Å². The number of nitrogen functional groups attached to an aromatic ring is 1. The first kappa shape index (κ1) is 19.3. The summed E-state index contributed by atoms with van der Waals surface area (Å²) >= 11 is 0. The smallest absolute Gasteiger partial charge is 0.287 e. The van der Waals surface area contributed by atoms with Gasteiger partial charge in [-0.15, -0.1) is 12.4 Å². The van der Waals surface area contributed by atoms with Gasteiger partial charge in [0, 0.05) is 11.9 Å². The summed E-state index contributed by atoms with van der Waals surface area (Å²) in [5, 5.41) is 2.96. The number of furan rings is 1. The number of fused-ring (bicyclic) bond motifs is 1. The van der Waals surface area contributed by atoms with E-state index in [-0.39, 0.29) is 41.6 Å². The quantitative estimate of drug-likeness (QED) is 0.789. The first-order valence-corrected chi connectivity index (χ1v) is 9.83. The van der Waals surface area contributed by atoms with Crippen molar-refractivity contribution in [3.05, 3.63) is 53.0 Å². The molecule has 136 valence electrons. The molecule has 0 bridgehead atoms. The van der Waals surface area contributed by atoms with Crippen LogP contribution in [0.2, 0.25) is 0 Å². The van der Waals surface area contributed by atoms with Gasteiger partial charge in [-0.3, -0.25) is 4.79 Å². The van der Waals surface area contributed by atoms with Crippen molar-refractivity contribution in [1.29, 1.82) is 0 Å². The first-order chi connectivity index (χ1) is 11.3. The van der Waals surface area contributed by atoms with Crippen LogP contribution in [0.25, 0.3) is 0 Å². The molecule has 8 heteroatoms. The molecular formula is C17H21ClN2O4S. The summed E-state index contributed by atoms with van der Waals surface area (Å²) in [7, 11) is -3.20. The van der Waals surface area contributed by atoms with Gasteiger partial charge in [0.15, 0.2) is 15.6 Å². The summed E-state index contributed by atoms with van der Waals surface area (Å²) < 4.78 is 27.9. The average molecular weight is 385 g/mol. The third-order valence-corrected chi connectivity index (χ3v) is 4.89. The van der Waals surface area contributed by atoms with Gasteiger partial charge in [-0.2, -0.15) is 0 Å². The largest absolute Gasteiger partial charge is 0.455 e. The van der Waals surface area contributed by atoms with Gasteiger partial charge >= 0.3 is 0 Å². The first-order valence-electron chi connectivity index (χ1n) is 7.77. The van der Waals surface area contributed by atoms with E-state index in [0.717, 1.165) is 42.3 Å². The summed E-state index contributed by atoms with van der Waals surface area (Å²) in [6.07, 6.45) is 3.89. The number of halogens is 1. The zero-order valence-corrected chi connectivity index (χ0v) is 15.5. The Kier molecular flexibility index (Phi) is 5.80. The molecule has 1 aromatic heterocycles. The standard InChI is InChI=1S/C17H20N2O4S.ClH/c1-24(21,22)10-13-6-8-16(23-13)17(20)19-15-4-2-3-11-9-12(18)5-7-14(11)15;/h5-9,15H,2-4,10,18H2,1H3,(H,19,20);1H. The van der Waals surface area contributed by atoms with Crippen molar-refractivity contribution in [1.82, 2.24) is 5.32 Å². The molecule has 3 N–H and O–H groups in total. The number of benzene rings is 1. The van der Waals surface area contributed by atoms with Gasteiger partial charge in [-0.05, 0) is 54.7 Å². The molecule has 1 aromatic carbocycles. The van der Waals surface area contributed by atoms with Crippen LogP contribution in [0.3, 0.4) is 0 Å². The molecule has 1 aliphatic carbocycles. The van der Waals surface area contributed by atoms with Gasteiger partial charge in [-0.1, -0.05) is 6.07 Å². The SMILES string of the molecule is CS(=O)(=O)Cc1ccc(C(=O)NC2CCCc3cc(N)ccc32)o1.Cl. The van der Waals surface area contributed by atoms with Crippen molar-refractivity contribution >= 4 is 33.8 Å². The van der Waals surface area contributed by atoms with Crippen molar-refractivity contribution in [3.63, 3.8) is 0 Å². The predicted octanol–water partition coefficient (Wildman–Crippen LogP) is 2.64.